The van der Waals surface area contributed by atoms with Crippen LogP contribution in [-0.4, -0.2) is 0 Å². The van der Waals surface area contributed by atoms with Crippen molar-refractivity contribution in [2.45, 2.75) is 98.3 Å². The van der Waals surface area contributed by atoms with E-state index in [0.717, 1.165) is 11.8 Å². The van der Waals surface area contributed by atoms with Crippen LogP contribution in [0.1, 0.15) is 98.3 Å². The lowest BCUT2D eigenvalue weighted by atomic mass is 9.89. The van der Waals surface area contributed by atoms with Crippen LogP contribution in [0, 0.1) is 11.8 Å². The summed E-state index contributed by atoms with van der Waals surface area (Å²) in [6.07, 6.45) is 15.8. The van der Waals surface area contributed by atoms with Crippen molar-refractivity contribution in [2.75, 3.05) is 0 Å². The molecule has 0 saturated heterocycles. The van der Waals surface area contributed by atoms with Gasteiger partial charge in [-0.05, 0) is 18.3 Å². The first kappa shape index (κ1) is 17.0. The molecule has 0 aromatic heterocycles. The maximum atomic E-state index is 2.45. The molecular formula is C17H36. The minimum Gasteiger partial charge on any atom is -0.0654 e. The standard InChI is InChI=1S/C17H36/c1-5-7-9-11-13-16(3)15-17(4)14-12-10-8-6-2/h16-17H,5-15H2,1-4H3. The van der Waals surface area contributed by atoms with Crippen LogP contribution in [0.15, 0.2) is 0 Å². The van der Waals surface area contributed by atoms with E-state index in [2.05, 4.69) is 27.7 Å². The predicted molar refractivity (Wildman–Crippen MR) is 80.5 cm³/mol. The molecule has 0 rings (SSSR count). The Kier molecular flexibility index (Phi) is 12.5. The van der Waals surface area contributed by atoms with Crippen molar-refractivity contribution in [3.63, 3.8) is 0 Å². The zero-order valence-electron chi connectivity index (χ0n) is 12.9. The molecule has 0 radical (unpaired) electrons. The highest BCUT2D eigenvalue weighted by Crippen LogP contribution is 2.22. The summed E-state index contributed by atoms with van der Waals surface area (Å²) in [6, 6.07) is 0. The van der Waals surface area contributed by atoms with Gasteiger partial charge in [-0.2, -0.15) is 0 Å². The second kappa shape index (κ2) is 12.5. The molecule has 0 aliphatic rings. The maximum Gasteiger partial charge on any atom is -0.0440 e. The quantitative estimate of drug-likeness (QED) is 0.338. The first-order chi connectivity index (χ1) is 8.20. The first-order valence-corrected chi connectivity index (χ1v) is 8.20. The average Bonchev–Trinajstić information content (AvgIpc) is 2.30. The van der Waals surface area contributed by atoms with Crippen LogP contribution in [-0.2, 0) is 0 Å². The third-order valence-corrected chi connectivity index (χ3v) is 3.91. The molecule has 0 N–H and O–H groups in total. The largest absolute Gasteiger partial charge is 0.0654 e. The third kappa shape index (κ3) is 12.2. The Morgan fingerprint density at radius 3 is 1.35 bits per heavy atom. The van der Waals surface area contributed by atoms with Gasteiger partial charge in [0.25, 0.3) is 0 Å². The van der Waals surface area contributed by atoms with Crippen LogP contribution in [0.3, 0.4) is 0 Å². The maximum absolute atomic E-state index is 2.45. The second-order valence-electron chi connectivity index (χ2n) is 6.14. The van der Waals surface area contributed by atoms with Crippen LogP contribution in [0.25, 0.3) is 0 Å². The molecule has 2 unspecified atom stereocenters. The molecule has 2 atom stereocenters. The molecule has 0 amide bonds. The van der Waals surface area contributed by atoms with E-state index < -0.39 is 0 Å². The van der Waals surface area contributed by atoms with Gasteiger partial charge < -0.3 is 0 Å². The van der Waals surface area contributed by atoms with Crippen molar-refractivity contribution < 1.29 is 0 Å². The van der Waals surface area contributed by atoms with Gasteiger partial charge >= 0.3 is 0 Å². The van der Waals surface area contributed by atoms with Gasteiger partial charge in [0.2, 0.25) is 0 Å². The summed E-state index contributed by atoms with van der Waals surface area (Å²) >= 11 is 0. The minimum absolute atomic E-state index is 0.952. The van der Waals surface area contributed by atoms with E-state index in [4.69, 9.17) is 0 Å². The van der Waals surface area contributed by atoms with Crippen molar-refractivity contribution in [3.05, 3.63) is 0 Å². The van der Waals surface area contributed by atoms with Crippen molar-refractivity contribution in [1.82, 2.24) is 0 Å². The number of hydrogen-bond donors (Lipinski definition) is 0. The number of unbranched alkanes of at least 4 members (excludes halogenated alkanes) is 6. The van der Waals surface area contributed by atoms with Gasteiger partial charge in [0.15, 0.2) is 0 Å². The van der Waals surface area contributed by atoms with Crippen molar-refractivity contribution >= 4 is 0 Å². The molecule has 0 aromatic rings. The number of rotatable bonds is 12. The average molecular weight is 240 g/mol. The van der Waals surface area contributed by atoms with Gasteiger partial charge in [-0.3, -0.25) is 0 Å². The lowest BCUT2D eigenvalue weighted by Gasteiger charge is -2.17. The van der Waals surface area contributed by atoms with Gasteiger partial charge in [0.1, 0.15) is 0 Å². The topological polar surface area (TPSA) is 0 Å². The molecule has 0 aliphatic carbocycles. The summed E-state index contributed by atoms with van der Waals surface area (Å²) in [6.45, 7) is 9.49. The van der Waals surface area contributed by atoms with Crippen LogP contribution in [0.2, 0.25) is 0 Å². The van der Waals surface area contributed by atoms with Gasteiger partial charge in [-0.15, -0.1) is 0 Å². The Labute approximate surface area is 111 Å². The van der Waals surface area contributed by atoms with Gasteiger partial charge in [0, 0.05) is 0 Å². The molecule has 0 heteroatoms. The Bertz CT molecular complexity index is 123. The predicted octanol–water partition coefficient (Wildman–Crippen LogP) is 6.59. The molecule has 17 heavy (non-hydrogen) atoms. The Morgan fingerprint density at radius 2 is 1.00 bits per heavy atom. The molecule has 0 spiro atoms. The molecule has 0 aliphatic heterocycles. The molecule has 0 nitrogen and oxygen atoms in total. The molecule has 0 bridgehead atoms. The highest BCUT2D eigenvalue weighted by atomic mass is 14.1. The van der Waals surface area contributed by atoms with E-state index in [1.165, 1.54) is 70.6 Å². The van der Waals surface area contributed by atoms with Gasteiger partial charge in [-0.25, -0.2) is 0 Å². The summed E-state index contributed by atoms with van der Waals surface area (Å²) in [5.41, 5.74) is 0. The zero-order valence-corrected chi connectivity index (χ0v) is 12.9. The van der Waals surface area contributed by atoms with E-state index in [0.29, 0.717) is 0 Å². The second-order valence-corrected chi connectivity index (χ2v) is 6.14. The highest BCUT2D eigenvalue weighted by molar-refractivity contribution is 4.60. The van der Waals surface area contributed by atoms with Crippen LogP contribution in [0.5, 0.6) is 0 Å². The van der Waals surface area contributed by atoms with E-state index in [1.807, 2.05) is 0 Å². The molecule has 0 fully saturated rings. The summed E-state index contributed by atoms with van der Waals surface area (Å²) < 4.78 is 0. The highest BCUT2D eigenvalue weighted by Gasteiger charge is 2.08. The fourth-order valence-electron chi connectivity index (χ4n) is 2.76. The fourth-order valence-corrected chi connectivity index (χ4v) is 2.76. The molecule has 0 saturated carbocycles. The summed E-state index contributed by atoms with van der Waals surface area (Å²) in [4.78, 5) is 0. The Morgan fingerprint density at radius 1 is 0.588 bits per heavy atom. The van der Waals surface area contributed by atoms with E-state index in [9.17, 15) is 0 Å². The van der Waals surface area contributed by atoms with Crippen LogP contribution in [0.4, 0.5) is 0 Å². The van der Waals surface area contributed by atoms with E-state index in [-0.39, 0.29) is 0 Å². The van der Waals surface area contributed by atoms with Gasteiger partial charge in [0.05, 0.1) is 0 Å². The third-order valence-electron chi connectivity index (χ3n) is 3.91. The lowest BCUT2D eigenvalue weighted by Crippen LogP contribution is -2.03. The molecule has 0 heterocycles. The summed E-state index contributed by atoms with van der Waals surface area (Å²) in [5.74, 6) is 1.90. The molecule has 104 valence electrons. The zero-order chi connectivity index (χ0) is 12.9. The molecule has 0 aromatic carbocycles. The number of hydrogen-bond acceptors (Lipinski definition) is 0. The Balaban J connectivity index is 3.35. The first-order valence-electron chi connectivity index (χ1n) is 8.20. The van der Waals surface area contributed by atoms with Crippen molar-refractivity contribution in [1.29, 1.82) is 0 Å². The van der Waals surface area contributed by atoms with Crippen molar-refractivity contribution in [3.8, 4) is 0 Å². The summed E-state index contributed by atoms with van der Waals surface area (Å²) in [5, 5.41) is 0. The SMILES string of the molecule is CCCCCCC(C)CC(C)CCCCCC. The van der Waals surface area contributed by atoms with E-state index in [1.54, 1.807) is 0 Å². The summed E-state index contributed by atoms with van der Waals surface area (Å²) in [7, 11) is 0. The molecular weight excluding hydrogens is 204 g/mol. The normalized spacial score (nSPS) is 14.8. The van der Waals surface area contributed by atoms with Crippen LogP contribution >= 0.6 is 0 Å². The lowest BCUT2D eigenvalue weighted by molar-refractivity contribution is 0.357. The minimum atomic E-state index is 0.952. The van der Waals surface area contributed by atoms with Crippen LogP contribution < -0.4 is 0 Å². The smallest absolute Gasteiger partial charge is 0.0440 e. The monoisotopic (exact) mass is 240 g/mol. The van der Waals surface area contributed by atoms with Gasteiger partial charge in [-0.1, -0.05) is 91.9 Å². The van der Waals surface area contributed by atoms with E-state index >= 15 is 0 Å². The Hall–Kier alpha value is 0. The van der Waals surface area contributed by atoms with Crippen molar-refractivity contribution in [2.24, 2.45) is 11.8 Å². The fraction of sp³-hybridized carbons (Fsp3) is 1.00.